The lowest BCUT2D eigenvalue weighted by molar-refractivity contribution is 0.100. The lowest BCUT2D eigenvalue weighted by Crippen LogP contribution is -2.22. The molecular formula is C24H25ClFN5O. The van der Waals surface area contributed by atoms with Crippen LogP contribution in [0.4, 0.5) is 16.0 Å². The number of aromatic nitrogens is 2. The van der Waals surface area contributed by atoms with Gasteiger partial charge < -0.3 is 16.4 Å². The van der Waals surface area contributed by atoms with Gasteiger partial charge in [0.15, 0.2) is 0 Å². The number of hydrogen-bond donors (Lipinski definition) is 3. The van der Waals surface area contributed by atoms with E-state index in [1.807, 2.05) is 6.07 Å². The fraction of sp³-hybridized carbons (Fsp3) is 0.292. The number of benzene rings is 1. The van der Waals surface area contributed by atoms with Gasteiger partial charge in [0.1, 0.15) is 17.5 Å². The lowest BCUT2D eigenvalue weighted by atomic mass is 9.95. The highest BCUT2D eigenvalue weighted by Crippen LogP contribution is 2.31. The number of rotatable bonds is 7. The van der Waals surface area contributed by atoms with Crippen LogP contribution >= 0.6 is 11.6 Å². The Morgan fingerprint density at radius 1 is 1.16 bits per heavy atom. The second-order valence-electron chi connectivity index (χ2n) is 7.97. The second kappa shape index (κ2) is 9.96. The molecule has 1 aliphatic carbocycles. The van der Waals surface area contributed by atoms with Crippen LogP contribution in [-0.2, 0) is 6.54 Å². The SMILES string of the molecule is NC(=O)c1ccc(-c2cc(NC3CCCCC3)ncc2Cl)nc1NCc1cccc(F)c1. The minimum atomic E-state index is -0.605. The van der Waals surface area contributed by atoms with E-state index in [4.69, 9.17) is 17.3 Å². The van der Waals surface area contributed by atoms with Crippen molar-refractivity contribution in [1.29, 1.82) is 0 Å². The normalized spacial score (nSPS) is 14.2. The van der Waals surface area contributed by atoms with Gasteiger partial charge in [0, 0.05) is 24.3 Å². The highest BCUT2D eigenvalue weighted by molar-refractivity contribution is 6.33. The molecule has 0 atom stereocenters. The van der Waals surface area contributed by atoms with Gasteiger partial charge in [-0.2, -0.15) is 0 Å². The minimum Gasteiger partial charge on any atom is -0.367 e. The molecule has 0 radical (unpaired) electrons. The van der Waals surface area contributed by atoms with Crippen molar-refractivity contribution in [3.8, 4) is 11.3 Å². The van der Waals surface area contributed by atoms with Gasteiger partial charge in [0.2, 0.25) is 0 Å². The van der Waals surface area contributed by atoms with Gasteiger partial charge in [-0.15, -0.1) is 0 Å². The van der Waals surface area contributed by atoms with E-state index in [1.54, 1.807) is 30.5 Å². The summed E-state index contributed by atoms with van der Waals surface area (Å²) in [6.45, 7) is 0.285. The first-order valence-electron chi connectivity index (χ1n) is 10.7. The number of nitrogens with two attached hydrogens (primary N) is 1. The average molecular weight is 454 g/mol. The van der Waals surface area contributed by atoms with Crippen molar-refractivity contribution in [2.45, 2.75) is 44.7 Å². The number of anilines is 2. The number of halogens is 2. The van der Waals surface area contributed by atoms with Crippen LogP contribution in [0, 0.1) is 5.82 Å². The van der Waals surface area contributed by atoms with E-state index in [2.05, 4.69) is 20.6 Å². The number of carbonyl (C=O) groups excluding carboxylic acids is 1. The maximum absolute atomic E-state index is 13.5. The summed E-state index contributed by atoms with van der Waals surface area (Å²) in [6.07, 6.45) is 7.56. The summed E-state index contributed by atoms with van der Waals surface area (Å²) in [5.41, 5.74) is 7.77. The van der Waals surface area contributed by atoms with Gasteiger partial charge in [0.25, 0.3) is 5.91 Å². The molecular weight excluding hydrogens is 429 g/mol. The van der Waals surface area contributed by atoms with Gasteiger partial charge in [-0.3, -0.25) is 4.79 Å². The van der Waals surface area contributed by atoms with Crippen LogP contribution in [0.15, 0.2) is 48.7 Å². The van der Waals surface area contributed by atoms with E-state index >= 15 is 0 Å². The number of hydrogen-bond acceptors (Lipinski definition) is 5. The number of amides is 1. The van der Waals surface area contributed by atoms with Gasteiger partial charge in [-0.1, -0.05) is 43.0 Å². The van der Waals surface area contributed by atoms with Crippen molar-refractivity contribution in [3.63, 3.8) is 0 Å². The Morgan fingerprint density at radius 2 is 1.97 bits per heavy atom. The molecule has 2 heterocycles. The minimum absolute atomic E-state index is 0.246. The Hall–Kier alpha value is -3.19. The molecule has 0 saturated heterocycles. The fourth-order valence-electron chi connectivity index (χ4n) is 3.95. The van der Waals surface area contributed by atoms with Gasteiger partial charge in [-0.25, -0.2) is 14.4 Å². The predicted octanol–water partition coefficient (Wildman–Crippen LogP) is 5.39. The van der Waals surface area contributed by atoms with Crippen molar-refractivity contribution < 1.29 is 9.18 Å². The van der Waals surface area contributed by atoms with Crippen LogP contribution in [-0.4, -0.2) is 21.9 Å². The molecule has 2 aromatic heterocycles. The van der Waals surface area contributed by atoms with E-state index < -0.39 is 5.91 Å². The Kier molecular flexibility index (Phi) is 6.85. The third-order valence-electron chi connectivity index (χ3n) is 5.60. The topological polar surface area (TPSA) is 92.9 Å². The number of nitrogens with one attached hydrogen (secondary N) is 2. The summed E-state index contributed by atoms with van der Waals surface area (Å²) in [5, 5.41) is 7.04. The molecule has 3 aromatic rings. The number of pyridine rings is 2. The monoisotopic (exact) mass is 453 g/mol. The smallest absolute Gasteiger partial charge is 0.252 e. The zero-order chi connectivity index (χ0) is 22.5. The van der Waals surface area contributed by atoms with Crippen molar-refractivity contribution in [2.75, 3.05) is 10.6 Å². The summed E-state index contributed by atoms with van der Waals surface area (Å²) in [7, 11) is 0. The molecule has 1 aliphatic rings. The number of primary amides is 1. The Morgan fingerprint density at radius 3 is 2.72 bits per heavy atom. The number of carbonyl (C=O) groups is 1. The molecule has 6 nitrogen and oxygen atoms in total. The second-order valence-corrected chi connectivity index (χ2v) is 8.38. The summed E-state index contributed by atoms with van der Waals surface area (Å²) in [6, 6.07) is 11.8. The molecule has 32 heavy (non-hydrogen) atoms. The van der Waals surface area contributed by atoms with Gasteiger partial charge in [0.05, 0.1) is 16.3 Å². The molecule has 0 bridgehead atoms. The summed E-state index contributed by atoms with van der Waals surface area (Å²) < 4.78 is 13.5. The van der Waals surface area contributed by atoms with Crippen LogP contribution in [0.25, 0.3) is 11.3 Å². The zero-order valence-corrected chi connectivity index (χ0v) is 18.3. The van der Waals surface area contributed by atoms with Gasteiger partial charge >= 0.3 is 0 Å². The predicted molar refractivity (Wildman–Crippen MR) is 125 cm³/mol. The third-order valence-corrected chi connectivity index (χ3v) is 5.90. The Balaban J connectivity index is 1.61. The van der Waals surface area contributed by atoms with Gasteiger partial charge in [-0.05, 0) is 48.7 Å². The van der Waals surface area contributed by atoms with Crippen LogP contribution < -0.4 is 16.4 Å². The molecule has 1 aromatic carbocycles. The molecule has 1 fully saturated rings. The quantitative estimate of drug-likeness (QED) is 0.446. The molecule has 8 heteroatoms. The number of nitrogens with zero attached hydrogens (tertiary/aromatic N) is 2. The fourth-order valence-corrected chi connectivity index (χ4v) is 4.15. The first-order valence-corrected chi connectivity index (χ1v) is 11.1. The molecule has 4 N–H and O–H groups in total. The highest BCUT2D eigenvalue weighted by atomic mass is 35.5. The zero-order valence-electron chi connectivity index (χ0n) is 17.6. The first-order chi connectivity index (χ1) is 15.5. The lowest BCUT2D eigenvalue weighted by Gasteiger charge is -2.23. The highest BCUT2D eigenvalue weighted by Gasteiger charge is 2.17. The van der Waals surface area contributed by atoms with Crippen molar-refractivity contribution >= 4 is 29.1 Å². The molecule has 0 spiro atoms. The van der Waals surface area contributed by atoms with Crippen LogP contribution in [0.5, 0.6) is 0 Å². The Bertz CT molecular complexity index is 1120. The molecule has 1 amide bonds. The first kappa shape index (κ1) is 22.0. The van der Waals surface area contributed by atoms with Crippen molar-refractivity contribution in [2.24, 2.45) is 5.73 Å². The maximum Gasteiger partial charge on any atom is 0.252 e. The summed E-state index contributed by atoms with van der Waals surface area (Å²) in [5.74, 6) is 0.120. The van der Waals surface area contributed by atoms with Crippen molar-refractivity contribution in [3.05, 3.63) is 70.6 Å². The third kappa shape index (κ3) is 5.34. The Labute approximate surface area is 191 Å². The summed E-state index contributed by atoms with van der Waals surface area (Å²) in [4.78, 5) is 20.9. The largest absolute Gasteiger partial charge is 0.367 e. The van der Waals surface area contributed by atoms with E-state index in [0.717, 1.165) is 18.7 Å². The molecule has 166 valence electrons. The van der Waals surface area contributed by atoms with E-state index in [0.29, 0.717) is 33.7 Å². The standard InChI is InChI=1S/C24H25ClFN5O/c25-20-14-28-22(30-17-7-2-1-3-8-17)12-19(20)21-10-9-18(23(27)32)24(31-21)29-13-15-5-4-6-16(26)11-15/h4-6,9-12,14,17H,1-3,7-8,13H2,(H2,27,32)(H,28,30)(H,29,31). The maximum atomic E-state index is 13.5. The molecule has 4 rings (SSSR count). The van der Waals surface area contributed by atoms with Crippen LogP contribution in [0.3, 0.4) is 0 Å². The average Bonchev–Trinajstić information content (AvgIpc) is 2.79. The van der Waals surface area contributed by atoms with Crippen molar-refractivity contribution in [1.82, 2.24) is 9.97 Å². The van der Waals surface area contributed by atoms with Crippen LogP contribution in [0.2, 0.25) is 5.02 Å². The molecule has 0 unspecified atom stereocenters. The molecule has 0 aliphatic heterocycles. The van der Waals surface area contributed by atoms with E-state index in [-0.39, 0.29) is 17.9 Å². The van der Waals surface area contributed by atoms with Crippen LogP contribution in [0.1, 0.15) is 48.0 Å². The summed E-state index contributed by atoms with van der Waals surface area (Å²) >= 11 is 6.43. The van der Waals surface area contributed by atoms with E-state index in [1.165, 1.54) is 31.4 Å². The van der Waals surface area contributed by atoms with E-state index in [9.17, 15) is 9.18 Å². The molecule has 1 saturated carbocycles.